The van der Waals surface area contributed by atoms with Gasteiger partial charge >= 0.3 is 0 Å². The predicted octanol–water partition coefficient (Wildman–Crippen LogP) is 1.96. The Bertz CT molecular complexity index is 394. The van der Waals surface area contributed by atoms with Crippen molar-refractivity contribution in [2.45, 2.75) is 39.7 Å². The summed E-state index contributed by atoms with van der Waals surface area (Å²) in [6, 6.07) is 5.82. The molecule has 1 aromatic rings. The molecule has 0 aliphatic carbocycles. The van der Waals surface area contributed by atoms with E-state index in [1.54, 1.807) is 0 Å². The van der Waals surface area contributed by atoms with Crippen molar-refractivity contribution in [2.75, 3.05) is 13.2 Å². The summed E-state index contributed by atoms with van der Waals surface area (Å²) in [6.07, 6.45) is 1.02. The molecule has 0 fully saturated rings. The molecule has 106 valence electrons. The first-order chi connectivity index (χ1) is 9.05. The van der Waals surface area contributed by atoms with Crippen LogP contribution < -0.4 is 10.1 Å². The van der Waals surface area contributed by atoms with Crippen molar-refractivity contribution < 1.29 is 14.6 Å². The molecule has 0 bridgehead atoms. The van der Waals surface area contributed by atoms with Crippen molar-refractivity contribution in [1.29, 1.82) is 0 Å². The highest BCUT2D eigenvalue weighted by Crippen LogP contribution is 2.16. The van der Waals surface area contributed by atoms with Crippen LogP contribution in [-0.4, -0.2) is 30.3 Å². The van der Waals surface area contributed by atoms with Crippen LogP contribution in [0.15, 0.2) is 18.2 Å². The summed E-state index contributed by atoms with van der Waals surface area (Å²) in [4.78, 5) is 11.6. The molecule has 0 heterocycles. The van der Waals surface area contributed by atoms with Crippen LogP contribution in [0.1, 0.15) is 30.9 Å². The predicted molar refractivity (Wildman–Crippen MR) is 75.3 cm³/mol. The number of aliphatic hydroxyl groups is 1. The van der Waals surface area contributed by atoms with Gasteiger partial charge in [-0.15, -0.1) is 0 Å². The maximum Gasteiger partial charge on any atom is 0.223 e. The Balaban J connectivity index is 2.35. The van der Waals surface area contributed by atoms with Crippen molar-refractivity contribution in [2.24, 2.45) is 0 Å². The maximum atomic E-state index is 11.6. The van der Waals surface area contributed by atoms with Crippen molar-refractivity contribution in [3.63, 3.8) is 0 Å². The monoisotopic (exact) mass is 265 g/mol. The molecule has 1 amide bonds. The van der Waals surface area contributed by atoms with E-state index in [0.29, 0.717) is 13.0 Å². The lowest BCUT2D eigenvalue weighted by molar-refractivity contribution is -0.122. The Morgan fingerprint density at radius 3 is 2.47 bits per heavy atom. The van der Waals surface area contributed by atoms with E-state index in [-0.39, 0.29) is 18.6 Å². The fourth-order valence-electron chi connectivity index (χ4n) is 1.85. The van der Waals surface area contributed by atoms with Crippen LogP contribution in [0.5, 0.6) is 5.75 Å². The van der Waals surface area contributed by atoms with E-state index in [1.165, 1.54) is 0 Å². The minimum absolute atomic E-state index is 0.0276. The average Bonchev–Trinajstić information content (AvgIpc) is 2.34. The minimum Gasteiger partial charge on any atom is -0.493 e. The molecule has 4 heteroatoms. The van der Waals surface area contributed by atoms with Crippen LogP contribution in [-0.2, 0) is 4.79 Å². The lowest BCUT2D eigenvalue weighted by atomic mass is 10.1. The van der Waals surface area contributed by atoms with E-state index < -0.39 is 0 Å². The zero-order chi connectivity index (χ0) is 14.3. The van der Waals surface area contributed by atoms with Gasteiger partial charge in [0.2, 0.25) is 5.91 Å². The molecule has 0 radical (unpaired) electrons. The number of carbonyl (C=O) groups is 1. The SMILES string of the molecule is CC[C@@H](CO)NC(=O)CCOc1cc(C)cc(C)c1. The van der Waals surface area contributed by atoms with Gasteiger partial charge in [-0.2, -0.15) is 0 Å². The van der Waals surface area contributed by atoms with Gasteiger partial charge in [-0.25, -0.2) is 0 Å². The van der Waals surface area contributed by atoms with Gasteiger partial charge in [0, 0.05) is 0 Å². The summed E-state index contributed by atoms with van der Waals surface area (Å²) in [6.45, 7) is 6.27. The molecule has 1 aromatic carbocycles. The molecule has 0 aromatic heterocycles. The van der Waals surface area contributed by atoms with E-state index in [9.17, 15) is 4.79 Å². The number of hydrogen-bond acceptors (Lipinski definition) is 3. The molecule has 0 spiro atoms. The molecule has 19 heavy (non-hydrogen) atoms. The van der Waals surface area contributed by atoms with E-state index in [0.717, 1.165) is 23.3 Å². The van der Waals surface area contributed by atoms with Gasteiger partial charge in [0.1, 0.15) is 5.75 Å². The zero-order valence-corrected chi connectivity index (χ0v) is 11.9. The van der Waals surface area contributed by atoms with Gasteiger partial charge in [-0.3, -0.25) is 4.79 Å². The largest absolute Gasteiger partial charge is 0.493 e. The van der Waals surface area contributed by atoms with Gasteiger partial charge in [0.25, 0.3) is 0 Å². The summed E-state index contributed by atoms with van der Waals surface area (Å²) in [5, 5.41) is 11.7. The molecule has 1 atom stereocenters. The van der Waals surface area contributed by atoms with Crippen molar-refractivity contribution >= 4 is 5.91 Å². The van der Waals surface area contributed by atoms with Crippen LogP contribution in [0.3, 0.4) is 0 Å². The minimum atomic E-state index is -0.159. The van der Waals surface area contributed by atoms with E-state index in [4.69, 9.17) is 9.84 Å². The van der Waals surface area contributed by atoms with Crippen molar-refractivity contribution in [3.05, 3.63) is 29.3 Å². The quantitative estimate of drug-likeness (QED) is 0.792. The molecule has 4 nitrogen and oxygen atoms in total. The van der Waals surface area contributed by atoms with Crippen LogP contribution in [0.2, 0.25) is 0 Å². The van der Waals surface area contributed by atoms with Crippen molar-refractivity contribution in [3.8, 4) is 5.75 Å². The first-order valence-electron chi connectivity index (χ1n) is 6.66. The number of aliphatic hydroxyl groups excluding tert-OH is 1. The third-order valence-electron chi connectivity index (χ3n) is 2.87. The second-order valence-electron chi connectivity index (χ2n) is 4.78. The van der Waals surface area contributed by atoms with E-state index in [2.05, 4.69) is 11.4 Å². The summed E-state index contributed by atoms with van der Waals surface area (Å²) in [7, 11) is 0. The number of carbonyl (C=O) groups excluding carboxylic acids is 1. The van der Waals surface area contributed by atoms with Crippen LogP contribution in [0.25, 0.3) is 0 Å². The van der Waals surface area contributed by atoms with Gasteiger partial charge in [-0.1, -0.05) is 13.0 Å². The summed E-state index contributed by atoms with van der Waals surface area (Å²) in [5.41, 5.74) is 2.29. The Morgan fingerprint density at radius 2 is 1.95 bits per heavy atom. The fourth-order valence-corrected chi connectivity index (χ4v) is 1.85. The molecule has 0 aliphatic heterocycles. The maximum absolute atomic E-state index is 11.6. The van der Waals surface area contributed by atoms with Gasteiger partial charge in [0.05, 0.1) is 25.7 Å². The molecule has 1 rings (SSSR count). The first kappa shape index (κ1) is 15.5. The summed E-state index contributed by atoms with van der Waals surface area (Å²) >= 11 is 0. The molecule has 0 saturated carbocycles. The molecular formula is C15H23NO3. The Hall–Kier alpha value is -1.55. The number of rotatable bonds is 7. The standard InChI is InChI=1S/C15H23NO3/c1-4-13(10-17)16-15(18)5-6-19-14-8-11(2)7-12(3)9-14/h7-9,13,17H,4-6,10H2,1-3H3,(H,16,18)/t13-/m0/s1. The number of ether oxygens (including phenoxy) is 1. The topological polar surface area (TPSA) is 58.6 Å². The van der Waals surface area contributed by atoms with Crippen LogP contribution in [0, 0.1) is 13.8 Å². The highest BCUT2D eigenvalue weighted by Gasteiger charge is 2.09. The Kier molecular flexibility index (Phi) is 6.36. The third-order valence-corrected chi connectivity index (χ3v) is 2.87. The second kappa shape index (κ2) is 7.79. The molecular weight excluding hydrogens is 242 g/mol. The lowest BCUT2D eigenvalue weighted by Crippen LogP contribution is -2.37. The number of benzene rings is 1. The summed E-state index contributed by atoms with van der Waals surface area (Å²) < 4.78 is 5.56. The number of amides is 1. The second-order valence-corrected chi connectivity index (χ2v) is 4.78. The normalized spacial score (nSPS) is 12.0. The molecule has 0 unspecified atom stereocenters. The molecule has 2 N–H and O–H groups in total. The smallest absolute Gasteiger partial charge is 0.223 e. The Labute approximate surface area is 114 Å². The number of hydrogen-bond donors (Lipinski definition) is 2. The van der Waals surface area contributed by atoms with E-state index in [1.807, 2.05) is 32.9 Å². The van der Waals surface area contributed by atoms with Crippen LogP contribution >= 0.6 is 0 Å². The van der Waals surface area contributed by atoms with E-state index >= 15 is 0 Å². The lowest BCUT2D eigenvalue weighted by Gasteiger charge is -2.14. The molecule has 0 saturated heterocycles. The van der Waals surface area contributed by atoms with Gasteiger partial charge < -0.3 is 15.2 Å². The fraction of sp³-hybridized carbons (Fsp3) is 0.533. The zero-order valence-electron chi connectivity index (χ0n) is 11.9. The Morgan fingerprint density at radius 1 is 1.32 bits per heavy atom. The summed E-state index contributed by atoms with van der Waals surface area (Å²) in [5.74, 6) is 0.699. The number of nitrogens with one attached hydrogen (secondary N) is 1. The highest BCUT2D eigenvalue weighted by atomic mass is 16.5. The van der Waals surface area contributed by atoms with Gasteiger partial charge in [-0.05, 0) is 43.5 Å². The number of aryl methyl sites for hydroxylation is 2. The van der Waals surface area contributed by atoms with Gasteiger partial charge in [0.15, 0.2) is 0 Å². The molecule has 0 aliphatic rings. The van der Waals surface area contributed by atoms with Crippen LogP contribution in [0.4, 0.5) is 0 Å². The first-order valence-corrected chi connectivity index (χ1v) is 6.66. The van der Waals surface area contributed by atoms with Crippen molar-refractivity contribution in [1.82, 2.24) is 5.32 Å². The highest BCUT2D eigenvalue weighted by molar-refractivity contribution is 5.76. The third kappa shape index (κ3) is 5.75. The average molecular weight is 265 g/mol.